The third kappa shape index (κ3) is 4.21. The number of nitrogens with zero attached hydrogens (tertiary/aromatic N) is 3. The topological polar surface area (TPSA) is 61.5 Å². The molecule has 1 N–H and O–H groups in total. The number of hydrogen-bond acceptors (Lipinski definition) is 4. The molecule has 150 valence electrons. The number of aromatic amines is 1. The highest BCUT2D eigenvalue weighted by Gasteiger charge is 2.33. The van der Waals surface area contributed by atoms with Gasteiger partial charge < -0.3 is 14.5 Å². The first-order chi connectivity index (χ1) is 13.1. The summed E-state index contributed by atoms with van der Waals surface area (Å²) in [6.45, 7) is 9.55. The van der Waals surface area contributed by atoms with Gasteiger partial charge in [0.15, 0.2) is 5.69 Å². The van der Waals surface area contributed by atoms with Gasteiger partial charge in [-0.25, -0.2) is 0 Å². The summed E-state index contributed by atoms with van der Waals surface area (Å²) in [6.07, 6.45) is 8.59. The van der Waals surface area contributed by atoms with Gasteiger partial charge in [0.25, 0.3) is 5.91 Å². The Bertz CT molecular complexity index is 643. The summed E-state index contributed by atoms with van der Waals surface area (Å²) in [5, 5.41) is 7.43. The van der Waals surface area contributed by atoms with Gasteiger partial charge in [0.1, 0.15) is 0 Å². The molecule has 0 saturated carbocycles. The molecule has 3 aliphatic rings. The molecule has 0 unspecified atom stereocenters. The number of rotatable bonds is 3. The zero-order valence-electron chi connectivity index (χ0n) is 16.9. The largest absolute Gasteiger partial charge is 0.369 e. The standard InChI is InChI=1S/C21H34N4O2/c1-15-13-18-19(16(2)27-15)22-23-20(18)21(26)25-11-7-17(8-12-25)14-24-9-5-3-4-6-10-24/h15-17H,3-14H2,1-2H3,(H,22,23)/t15-,16+/m1/s1. The molecule has 6 nitrogen and oxygen atoms in total. The minimum atomic E-state index is -0.0165. The van der Waals surface area contributed by atoms with Crippen LogP contribution < -0.4 is 0 Å². The maximum Gasteiger partial charge on any atom is 0.274 e. The van der Waals surface area contributed by atoms with Crippen molar-refractivity contribution in [3.8, 4) is 0 Å². The average molecular weight is 375 g/mol. The first-order valence-electron chi connectivity index (χ1n) is 10.9. The van der Waals surface area contributed by atoms with Gasteiger partial charge in [0, 0.05) is 31.6 Å². The predicted molar refractivity (Wildman–Crippen MR) is 105 cm³/mol. The van der Waals surface area contributed by atoms with Gasteiger partial charge in [-0.2, -0.15) is 5.10 Å². The van der Waals surface area contributed by atoms with Crippen LogP contribution in [-0.4, -0.2) is 64.7 Å². The summed E-state index contributed by atoms with van der Waals surface area (Å²) >= 11 is 0. The van der Waals surface area contributed by atoms with E-state index in [1.807, 2.05) is 11.8 Å². The summed E-state index contributed by atoms with van der Waals surface area (Å²) < 4.78 is 5.85. The SMILES string of the molecule is C[C@@H]1Cc2c(C(=O)N3CCC(CN4CCCCCC4)CC3)n[nH]c2[C@H](C)O1. The highest BCUT2D eigenvalue weighted by atomic mass is 16.5. The van der Waals surface area contributed by atoms with Crippen LogP contribution in [0.2, 0.25) is 0 Å². The zero-order valence-corrected chi connectivity index (χ0v) is 16.9. The number of aromatic nitrogens is 2. The Morgan fingerprint density at radius 2 is 1.81 bits per heavy atom. The number of likely N-dealkylation sites (tertiary alicyclic amines) is 2. The molecule has 0 radical (unpaired) electrons. The summed E-state index contributed by atoms with van der Waals surface area (Å²) in [6, 6.07) is 0. The number of H-pyrrole nitrogens is 1. The fraction of sp³-hybridized carbons (Fsp3) is 0.810. The number of piperidine rings is 1. The highest BCUT2D eigenvalue weighted by molar-refractivity contribution is 5.94. The quantitative estimate of drug-likeness (QED) is 0.883. The number of carbonyl (C=O) groups excluding carboxylic acids is 1. The Kier molecular flexibility index (Phi) is 5.83. The first-order valence-corrected chi connectivity index (χ1v) is 10.9. The van der Waals surface area contributed by atoms with E-state index in [9.17, 15) is 4.79 Å². The fourth-order valence-corrected chi connectivity index (χ4v) is 5.00. The molecule has 4 heterocycles. The van der Waals surface area contributed by atoms with Crippen molar-refractivity contribution in [2.45, 2.75) is 71.0 Å². The van der Waals surface area contributed by atoms with Crippen LogP contribution in [-0.2, 0) is 11.2 Å². The van der Waals surface area contributed by atoms with E-state index in [0.717, 1.165) is 49.5 Å². The molecule has 1 amide bonds. The van der Waals surface area contributed by atoms with E-state index >= 15 is 0 Å². The van der Waals surface area contributed by atoms with Gasteiger partial charge in [-0.15, -0.1) is 0 Å². The Morgan fingerprint density at radius 3 is 2.52 bits per heavy atom. The summed E-state index contributed by atoms with van der Waals surface area (Å²) in [5.41, 5.74) is 2.67. The van der Waals surface area contributed by atoms with Gasteiger partial charge in [-0.1, -0.05) is 12.8 Å². The molecule has 0 aromatic carbocycles. The number of hydrogen-bond donors (Lipinski definition) is 1. The van der Waals surface area contributed by atoms with Crippen molar-refractivity contribution in [1.29, 1.82) is 0 Å². The third-order valence-corrected chi connectivity index (χ3v) is 6.55. The lowest BCUT2D eigenvalue weighted by atomic mass is 9.95. The first kappa shape index (κ1) is 18.9. The maximum absolute atomic E-state index is 13.1. The lowest BCUT2D eigenvalue weighted by Gasteiger charge is -2.34. The Hall–Kier alpha value is -1.40. The van der Waals surface area contributed by atoms with Crippen LogP contribution >= 0.6 is 0 Å². The van der Waals surface area contributed by atoms with Crippen LogP contribution in [0.1, 0.15) is 80.2 Å². The van der Waals surface area contributed by atoms with Crippen molar-refractivity contribution in [3.05, 3.63) is 17.0 Å². The lowest BCUT2D eigenvalue weighted by molar-refractivity contribution is -0.00703. The van der Waals surface area contributed by atoms with E-state index in [4.69, 9.17) is 4.74 Å². The second-order valence-corrected chi connectivity index (χ2v) is 8.71. The number of ether oxygens (including phenoxy) is 1. The van der Waals surface area contributed by atoms with Gasteiger partial charge in [0.2, 0.25) is 0 Å². The van der Waals surface area contributed by atoms with Crippen LogP contribution in [0.4, 0.5) is 0 Å². The number of nitrogens with one attached hydrogen (secondary N) is 1. The fourth-order valence-electron chi connectivity index (χ4n) is 5.00. The molecule has 6 heteroatoms. The highest BCUT2D eigenvalue weighted by Crippen LogP contribution is 2.31. The molecule has 3 aliphatic heterocycles. The van der Waals surface area contributed by atoms with E-state index < -0.39 is 0 Å². The van der Waals surface area contributed by atoms with Crippen LogP contribution in [0.25, 0.3) is 0 Å². The van der Waals surface area contributed by atoms with Crippen LogP contribution in [0, 0.1) is 5.92 Å². The van der Waals surface area contributed by atoms with Crippen molar-refractivity contribution >= 4 is 5.91 Å². The summed E-state index contributed by atoms with van der Waals surface area (Å²) in [5.74, 6) is 0.829. The molecule has 1 aromatic heterocycles. The second kappa shape index (κ2) is 8.31. The average Bonchev–Trinajstić information content (AvgIpc) is 2.91. The molecule has 2 atom stereocenters. The third-order valence-electron chi connectivity index (χ3n) is 6.55. The monoisotopic (exact) mass is 374 g/mol. The minimum Gasteiger partial charge on any atom is -0.369 e. The number of fused-ring (bicyclic) bond motifs is 1. The van der Waals surface area contributed by atoms with Crippen molar-refractivity contribution in [2.75, 3.05) is 32.7 Å². The van der Waals surface area contributed by atoms with Crippen LogP contribution in [0.3, 0.4) is 0 Å². The van der Waals surface area contributed by atoms with Crippen molar-refractivity contribution in [1.82, 2.24) is 20.0 Å². The lowest BCUT2D eigenvalue weighted by Crippen LogP contribution is -2.42. The van der Waals surface area contributed by atoms with Gasteiger partial charge in [-0.05, 0) is 58.5 Å². The second-order valence-electron chi connectivity index (χ2n) is 8.71. The molecule has 0 spiro atoms. The maximum atomic E-state index is 13.1. The number of carbonyl (C=O) groups is 1. The molecule has 2 fully saturated rings. The summed E-state index contributed by atoms with van der Waals surface area (Å²) in [7, 11) is 0. The van der Waals surface area contributed by atoms with Gasteiger partial charge in [0.05, 0.1) is 17.9 Å². The van der Waals surface area contributed by atoms with E-state index in [1.165, 1.54) is 45.3 Å². The molecule has 1 aromatic rings. The molecule has 0 aliphatic carbocycles. The minimum absolute atomic E-state index is 0.0165. The predicted octanol–water partition coefficient (Wildman–Crippen LogP) is 3.16. The van der Waals surface area contributed by atoms with Crippen LogP contribution in [0.5, 0.6) is 0 Å². The molecule has 4 rings (SSSR count). The number of amides is 1. The Labute approximate surface area is 162 Å². The molecule has 2 saturated heterocycles. The van der Waals surface area contributed by atoms with Crippen LogP contribution in [0.15, 0.2) is 0 Å². The molecular weight excluding hydrogens is 340 g/mol. The zero-order chi connectivity index (χ0) is 18.8. The van der Waals surface area contributed by atoms with Gasteiger partial charge >= 0.3 is 0 Å². The Morgan fingerprint density at radius 1 is 1.11 bits per heavy atom. The summed E-state index contributed by atoms with van der Waals surface area (Å²) in [4.78, 5) is 17.7. The van der Waals surface area contributed by atoms with E-state index in [-0.39, 0.29) is 18.1 Å². The molecular formula is C21H34N4O2. The van der Waals surface area contributed by atoms with E-state index in [1.54, 1.807) is 0 Å². The van der Waals surface area contributed by atoms with Gasteiger partial charge in [-0.3, -0.25) is 9.89 Å². The smallest absolute Gasteiger partial charge is 0.274 e. The van der Waals surface area contributed by atoms with E-state index in [2.05, 4.69) is 22.0 Å². The van der Waals surface area contributed by atoms with Crippen molar-refractivity contribution < 1.29 is 9.53 Å². The molecule has 27 heavy (non-hydrogen) atoms. The van der Waals surface area contributed by atoms with Crippen molar-refractivity contribution in [3.63, 3.8) is 0 Å². The molecule has 0 bridgehead atoms. The van der Waals surface area contributed by atoms with Crippen molar-refractivity contribution in [2.24, 2.45) is 5.92 Å². The Balaban J connectivity index is 1.34. The normalized spacial score (nSPS) is 28.0. The van der Waals surface area contributed by atoms with E-state index in [0.29, 0.717) is 5.69 Å².